The molecule has 0 aliphatic heterocycles. The Labute approximate surface area is 224 Å². The summed E-state index contributed by atoms with van der Waals surface area (Å²) in [6.07, 6.45) is 7.57. The molecule has 206 valence electrons. The standard InChI is InChI=1S/C30H54O4Si2/c1-9-36(10-2,11-3)34-29-22-20-25(28(29)18-15-23-31)19-21-27(33-35(7,8)30(4,5)6)24-32-26-16-13-12-14-17-26/h12-14,16-17,20,27-29,31H,9-11,15,18-19,21-24H2,1-8H3/t27?,28-,29+/m1/s1. The van der Waals surface area contributed by atoms with Gasteiger partial charge in [0.05, 0.1) is 12.2 Å². The average molecular weight is 535 g/mol. The van der Waals surface area contributed by atoms with Gasteiger partial charge in [0.1, 0.15) is 12.4 Å². The SMILES string of the molecule is CC[Si](CC)(CC)O[C@H]1CC=C(CCC(COc2ccccc2)O[Si](C)(C)C(C)(C)C)[C@H]1CCCO. The highest BCUT2D eigenvalue weighted by atomic mass is 28.4. The van der Waals surface area contributed by atoms with E-state index in [9.17, 15) is 5.11 Å². The lowest BCUT2D eigenvalue weighted by molar-refractivity contribution is 0.105. The first kappa shape index (κ1) is 31.3. The fourth-order valence-corrected chi connectivity index (χ4v) is 9.32. The van der Waals surface area contributed by atoms with E-state index in [1.54, 1.807) is 0 Å². The Morgan fingerprint density at radius 3 is 2.22 bits per heavy atom. The summed E-state index contributed by atoms with van der Waals surface area (Å²) in [5.74, 6) is 1.31. The Morgan fingerprint density at radius 2 is 1.67 bits per heavy atom. The zero-order valence-electron chi connectivity index (χ0n) is 24.4. The van der Waals surface area contributed by atoms with Crippen molar-refractivity contribution in [3.8, 4) is 5.75 Å². The van der Waals surface area contributed by atoms with Gasteiger partial charge in [0.25, 0.3) is 0 Å². The molecular weight excluding hydrogens is 480 g/mol. The summed E-state index contributed by atoms with van der Waals surface area (Å²) in [5.41, 5.74) is 1.50. The molecule has 0 bridgehead atoms. The second-order valence-electron chi connectivity index (χ2n) is 12.0. The lowest BCUT2D eigenvalue weighted by atomic mass is 9.90. The van der Waals surface area contributed by atoms with Crippen molar-refractivity contribution < 1.29 is 18.7 Å². The Morgan fingerprint density at radius 1 is 1.03 bits per heavy atom. The molecule has 1 N–H and O–H groups in total. The van der Waals surface area contributed by atoms with Crippen LogP contribution in [-0.2, 0) is 8.85 Å². The van der Waals surface area contributed by atoms with E-state index in [0.29, 0.717) is 12.5 Å². The zero-order valence-corrected chi connectivity index (χ0v) is 26.4. The van der Waals surface area contributed by atoms with Crippen LogP contribution in [0.15, 0.2) is 42.0 Å². The van der Waals surface area contributed by atoms with Gasteiger partial charge in [-0.25, -0.2) is 0 Å². The maximum absolute atomic E-state index is 9.59. The summed E-state index contributed by atoms with van der Waals surface area (Å²) < 4.78 is 20.1. The fourth-order valence-electron chi connectivity index (χ4n) is 5.05. The van der Waals surface area contributed by atoms with Gasteiger partial charge in [-0.2, -0.15) is 0 Å². The van der Waals surface area contributed by atoms with Crippen molar-refractivity contribution in [2.45, 2.75) is 122 Å². The summed E-state index contributed by atoms with van der Waals surface area (Å²) in [6, 6.07) is 13.6. The molecule has 0 fully saturated rings. The van der Waals surface area contributed by atoms with Gasteiger partial charge in [-0.3, -0.25) is 0 Å². The van der Waals surface area contributed by atoms with Gasteiger partial charge in [-0.15, -0.1) is 0 Å². The van der Waals surface area contributed by atoms with E-state index < -0.39 is 16.6 Å². The minimum Gasteiger partial charge on any atom is -0.491 e. The molecule has 0 heterocycles. The summed E-state index contributed by atoms with van der Waals surface area (Å²) in [7, 11) is -3.61. The third kappa shape index (κ3) is 8.83. The number of hydrogen-bond acceptors (Lipinski definition) is 4. The topological polar surface area (TPSA) is 47.9 Å². The Hall–Kier alpha value is -0.926. The highest BCUT2D eigenvalue weighted by molar-refractivity contribution is 6.74. The minimum absolute atomic E-state index is 0.0563. The largest absolute Gasteiger partial charge is 0.491 e. The lowest BCUT2D eigenvalue weighted by Crippen LogP contribution is -2.45. The maximum atomic E-state index is 9.59. The van der Waals surface area contributed by atoms with E-state index in [0.717, 1.165) is 37.9 Å². The number of ether oxygens (including phenoxy) is 1. The molecular formula is C30H54O4Si2. The van der Waals surface area contributed by atoms with Gasteiger partial charge < -0.3 is 18.7 Å². The zero-order chi connectivity index (χ0) is 26.8. The summed E-state index contributed by atoms with van der Waals surface area (Å²) in [4.78, 5) is 0. The van der Waals surface area contributed by atoms with Crippen molar-refractivity contribution in [3.63, 3.8) is 0 Å². The van der Waals surface area contributed by atoms with Gasteiger partial charge >= 0.3 is 0 Å². The van der Waals surface area contributed by atoms with E-state index in [2.05, 4.69) is 60.7 Å². The Kier molecular flexibility index (Phi) is 12.4. The first-order chi connectivity index (χ1) is 17.0. The van der Waals surface area contributed by atoms with Crippen LogP contribution >= 0.6 is 0 Å². The van der Waals surface area contributed by atoms with Crippen LogP contribution in [-0.4, -0.2) is 47.2 Å². The van der Waals surface area contributed by atoms with Crippen LogP contribution in [0.2, 0.25) is 36.3 Å². The van der Waals surface area contributed by atoms with Gasteiger partial charge in [-0.05, 0) is 80.5 Å². The van der Waals surface area contributed by atoms with Crippen molar-refractivity contribution in [3.05, 3.63) is 42.0 Å². The van der Waals surface area contributed by atoms with Crippen LogP contribution in [0, 0.1) is 5.92 Å². The van der Waals surface area contributed by atoms with Crippen molar-refractivity contribution in [1.82, 2.24) is 0 Å². The van der Waals surface area contributed by atoms with Gasteiger partial charge in [0, 0.05) is 12.5 Å². The molecule has 1 unspecified atom stereocenters. The minimum atomic E-state index is -1.93. The van der Waals surface area contributed by atoms with Crippen LogP contribution < -0.4 is 4.74 Å². The lowest BCUT2D eigenvalue weighted by Gasteiger charge is -2.39. The summed E-state index contributed by atoms with van der Waals surface area (Å²) in [6.45, 7) is 19.3. The monoisotopic (exact) mass is 534 g/mol. The molecule has 3 atom stereocenters. The van der Waals surface area contributed by atoms with Crippen LogP contribution in [0.3, 0.4) is 0 Å². The number of hydrogen-bond donors (Lipinski definition) is 1. The Bertz CT molecular complexity index is 776. The van der Waals surface area contributed by atoms with E-state index in [1.165, 1.54) is 23.7 Å². The third-order valence-electron chi connectivity index (χ3n) is 8.75. The predicted octanol–water partition coefficient (Wildman–Crippen LogP) is 8.35. The quantitative estimate of drug-likeness (QED) is 0.171. The second-order valence-corrected chi connectivity index (χ2v) is 21.5. The average Bonchev–Trinajstić information content (AvgIpc) is 3.23. The van der Waals surface area contributed by atoms with Crippen molar-refractivity contribution in [2.75, 3.05) is 13.2 Å². The van der Waals surface area contributed by atoms with Crippen molar-refractivity contribution >= 4 is 16.6 Å². The molecule has 0 radical (unpaired) electrons. The molecule has 0 saturated heterocycles. The normalized spacial score (nSPS) is 19.9. The van der Waals surface area contributed by atoms with Crippen LogP contribution in [0.5, 0.6) is 5.75 Å². The van der Waals surface area contributed by atoms with Crippen molar-refractivity contribution in [1.29, 1.82) is 0 Å². The predicted molar refractivity (Wildman–Crippen MR) is 158 cm³/mol. The van der Waals surface area contributed by atoms with E-state index in [4.69, 9.17) is 13.6 Å². The molecule has 36 heavy (non-hydrogen) atoms. The molecule has 1 aliphatic carbocycles. The first-order valence-electron chi connectivity index (χ1n) is 14.3. The Balaban J connectivity index is 2.13. The van der Waals surface area contributed by atoms with E-state index in [-0.39, 0.29) is 23.9 Å². The highest BCUT2D eigenvalue weighted by Gasteiger charge is 2.40. The molecule has 0 spiro atoms. The molecule has 0 saturated carbocycles. The first-order valence-corrected chi connectivity index (χ1v) is 19.8. The summed E-state index contributed by atoms with van der Waals surface area (Å²) in [5, 5.41) is 9.74. The molecule has 2 rings (SSSR count). The molecule has 1 aliphatic rings. The molecule has 4 nitrogen and oxygen atoms in total. The molecule has 1 aromatic rings. The van der Waals surface area contributed by atoms with E-state index >= 15 is 0 Å². The summed E-state index contributed by atoms with van der Waals surface area (Å²) >= 11 is 0. The van der Waals surface area contributed by atoms with E-state index in [1.807, 2.05) is 30.3 Å². The second kappa shape index (κ2) is 14.3. The maximum Gasteiger partial charge on any atom is 0.192 e. The molecule has 6 heteroatoms. The third-order valence-corrected chi connectivity index (χ3v) is 18.0. The fraction of sp³-hybridized carbons (Fsp3) is 0.733. The van der Waals surface area contributed by atoms with Crippen molar-refractivity contribution in [2.24, 2.45) is 5.92 Å². The molecule has 0 amide bonds. The number of aliphatic hydroxyl groups is 1. The van der Waals surface area contributed by atoms with Gasteiger partial charge in [0.15, 0.2) is 16.6 Å². The van der Waals surface area contributed by atoms with Gasteiger partial charge in [-0.1, -0.05) is 71.4 Å². The number of aliphatic hydroxyl groups excluding tert-OH is 1. The molecule has 1 aromatic carbocycles. The van der Waals surface area contributed by atoms with Crippen LogP contribution in [0.1, 0.15) is 73.6 Å². The smallest absolute Gasteiger partial charge is 0.192 e. The highest BCUT2D eigenvalue weighted by Crippen LogP contribution is 2.41. The van der Waals surface area contributed by atoms with Crippen LogP contribution in [0.25, 0.3) is 0 Å². The number of para-hydroxylation sites is 1. The number of rotatable bonds is 16. The van der Waals surface area contributed by atoms with Crippen LogP contribution in [0.4, 0.5) is 0 Å². The number of benzene rings is 1. The van der Waals surface area contributed by atoms with Gasteiger partial charge in [0.2, 0.25) is 0 Å². The molecule has 0 aromatic heterocycles.